The molecule has 0 spiro atoms. The Hall–Kier alpha value is -0.590. The molecule has 2 unspecified atom stereocenters. The molecule has 0 radical (unpaired) electrons. The van der Waals surface area contributed by atoms with E-state index in [9.17, 15) is 8.42 Å². The molecule has 0 saturated heterocycles. The molecule has 0 amide bonds. The minimum Gasteiger partial charge on any atom is -0.281 e. The quantitative estimate of drug-likeness (QED) is 0.840. The number of nitrogens with zero attached hydrogens (tertiary/aromatic N) is 2. The Bertz CT molecular complexity index is 540. The van der Waals surface area contributed by atoms with Gasteiger partial charge >= 0.3 is 0 Å². The van der Waals surface area contributed by atoms with E-state index in [1.165, 1.54) is 4.31 Å². The molecular weight excluding hydrogens is 274 g/mol. The van der Waals surface area contributed by atoms with E-state index in [-0.39, 0.29) is 10.9 Å². The molecule has 1 aliphatic carbocycles. The van der Waals surface area contributed by atoms with Crippen molar-refractivity contribution < 1.29 is 8.42 Å². The fourth-order valence-corrected chi connectivity index (χ4v) is 3.82. The molecule has 1 N–H and O–H groups in total. The smallest absolute Gasteiger partial charge is 0.262 e. The molecule has 7 heteroatoms. The van der Waals surface area contributed by atoms with Crippen molar-refractivity contribution in [2.75, 3.05) is 13.6 Å². The zero-order valence-corrected chi connectivity index (χ0v) is 12.3. The van der Waals surface area contributed by atoms with Gasteiger partial charge in [-0.3, -0.25) is 5.10 Å². The fourth-order valence-electron chi connectivity index (χ4n) is 2.03. The minimum atomic E-state index is -3.53. The number of alkyl halides is 1. The molecule has 5 nitrogen and oxygen atoms in total. The van der Waals surface area contributed by atoms with Crippen LogP contribution in [0, 0.1) is 18.8 Å². The van der Waals surface area contributed by atoms with Gasteiger partial charge in [0.25, 0.3) is 10.0 Å². The summed E-state index contributed by atoms with van der Waals surface area (Å²) in [6.07, 6.45) is 1.10. The van der Waals surface area contributed by atoms with Crippen LogP contribution in [-0.2, 0) is 15.9 Å². The highest BCUT2D eigenvalue weighted by Crippen LogP contribution is 2.38. The number of sulfonamides is 1. The lowest BCUT2D eigenvalue weighted by Gasteiger charge is -2.16. The lowest BCUT2D eigenvalue weighted by molar-refractivity contribution is 0.442. The van der Waals surface area contributed by atoms with E-state index in [2.05, 4.69) is 17.1 Å². The molecule has 0 aliphatic heterocycles. The van der Waals surface area contributed by atoms with Crippen molar-refractivity contribution in [1.29, 1.82) is 0 Å². The second-order valence-electron chi connectivity index (χ2n) is 5.02. The van der Waals surface area contributed by atoms with Crippen LogP contribution >= 0.6 is 11.6 Å². The molecular formula is C11H18ClN3O2S. The number of halogens is 1. The molecule has 1 fully saturated rings. The number of rotatable bonds is 5. The van der Waals surface area contributed by atoms with Gasteiger partial charge in [-0.1, -0.05) is 6.92 Å². The van der Waals surface area contributed by atoms with Gasteiger partial charge in [-0.15, -0.1) is 11.6 Å². The molecule has 1 heterocycles. The zero-order valence-electron chi connectivity index (χ0n) is 10.8. The maximum atomic E-state index is 12.4. The number of hydrogen-bond donors (Lipinski definition) is 1. The highest BCUT2D eigenvalue weighted by molar-refractivity contribution is 7.89. The number of hydrogen-bond acceptors (Lipinski definition) is 3. The number of aromatic amines is 1. The SMILES string of the molecule is Cc1[nH]nc(S(=O)(=O)N(C)CC2CC2C)c1CCl. The van der Waals surface area contributed by atoms with Crippen molar-refractivity contribution in [1.82, 2.24) is 14.5 Å². The Labute approximate surface area is 113 Å². The third-order valence-electron chi connectivity index (χ3n) is 3.59. The largest absolute Gasteiger partial charge is 0.281 e. The fraction of sp³-hybridized carbons (Fsp3) is 0.727. The standard InChI is InChI=1S/C11H18ClN3O2S/c1-7-4-9(7)6-15(3)18(16,17)11-10(5-12)8(2)13-14-11/h7,9H,4-6H2,1-3H3,(H,13,14). The van der Waals surface area contributed by atoms with Crippen LogP contribution in [0.1, 0.15) is 24.6 Å². The molecule has 1 aliphatic rings. The number of aryl methyl sites for hydroxylation is 1. The van der Waals surface area contributed by atoms with Crippen LogP contribution in [-0.4, -0.2) is 36.5 Å². The second kappa shape index (κ2) is 4.83. The molecule has 2 rings (SSSR count). The third-order valence-corrected chi connectivity index (χ3v) is 5.66. The van der Waals surface area contributed by atoms with Crippen LogP contribution in [0.3, 0.4) is 0 Å². The monoisotopic (exact) mass is 291 g/mol. The summed E-state index contributed by atoms with van der Waals surface area (Å²) >= 11 is 5.79. The van der Waals surface area contributed by atoms with Crippen molar-refractivity contribution in [3.8, 4) is 0 Å². The zero-order chi connectivity index (χ0) is 13.5. The van der Waals surface area contributed by atoms with E-state index in [0.717, 1.165) is 6.42 Å². The summed E-state index contributed by atoms with van der Waals surface area (Å²) in [4.78, 5) is 0. The number of aromatic nitrogens is 2. The normalized spacial score (nSPS) is 23.6. The van der Waals surface area contributed by atoms with Gasteiger partial charge < -0.3 is 0 Å². The first kappa shape index (κ1) is 13.8. The van der Waals surface area contributed by atoms with Gasteiger partial charge in [-0.25, -0.2) is 8.42 Å². The van der Waals surface area contributed by atoms with Gasteiger partial charge in [0.05, 0.1) is 5.88 Å². The molecule has 0 bridgehead atoms. The molecule has 102 valence electrons. The summed E-state index contributed by atoms with van der Waals surface area (Å²) in [6.45, 7) is 4.46. The predicted molar refractivity (Wildman–Crippen MR) is 70.0 cm³/mol. The molecule has 2 atom stereocenters. The maximum Gasteiger partial charge on any atom is 0.262 e. The van der Waals surface area contributed by atoms with E-state index in [1.807, 2.05) is 0 Å². The molecule has 1 aromatic rings. The van der Waals surface area contributed by atoms with E-state index in [0.29, 0.717) is 29.6 Å². The van der Waals surface area contributed by atoms with Gasteiger partial charge in [-0.2, -0.15) is 9.40 Å². The Morgan fingerprint density at radius 1 is 1.56 bits per heavy atom. The summed E-state index contributed by atoms with van der Waals surface area (Å²) in [7, 11) is -1.93. The van der Waals surface area contributed by atoms with E-state index in [4.69, 9.17) is 11.6 Å². The highest BCUT2D eigenvalue weighted by atomic mass is 35.5. The summed E-state index contributed by atoms with van der Waals surface area (Å²) in [6, 6.07) is 0. The van der Waals surface area contributed by atoms with Gasteiger partial charge in [-0.05, 0) is 25.2 Å². The predicted octanol–water partition coefficient (Wildman–Crippen LogP) is 1.73. The number of nitrogens with one attached hydrogen (secondary N) is 1. The van der Waals surface area contributed by atoms with Crippen LogP contribution in [0.4, 0.5) is 0 Å². The van der Waals surface area contributed by atoms with E-state index >= 15 is 0 Å². The molecule has 18 heavy (non-hydrogen) atoms. The lowest BCUT2D eigenvalue weighted by atomic mass is 10.3. The average molecular weight is 292 g/mol. The van der Waals surface area contributed by atoms with Crippen molar-refractivity contribution in [3.05, 3.63) is 11.3 Å². The van der Waals surface area contributed by atoms with Gasteiger partial charge in [0.2, 0.25) is 0 Å². The third kappa shape index (κ3) is 2.41. The van der Waals surface area contributed by atoms with Crippen molar-refractivity contribution in [3.63, 3.8) is 0 Å². The summed E-state index contributed by atoms with van der Waals surface area (Å²) < 4.78 is 26.1. The maximum absolute atomic E-state index is 12.4. The molecule has 1 aromatic heterocycles. The van der Waals surface area contributed by atoms with Crippen LogP contribution in [0.2, 0.25) is 0 Å². The second-order valence-corrected chi connectivity index (χ2v) is 7.25. The van der Waals surface area contributed by atoms with Gasteiger partial charge in [0.15, 0.2) is 5.03 Å². The first-order chi connectivity index (χ1) is 8.37. The van der Waals surface area contributed by atoms with Gasteiger partial charge in [0.1, 0.15) is 0 Å². The van der Waals surface area contributed by atoms with Crippen molar-refractivity contribution >= 4 is 21.6 Å². The summed E-state index contributed by atoms with van der Waals surface area (Å²) in [5.41, 5.74) is 1.27. The van der Waals surface area contributed by atoms with Gasteiger partial charge in [0, 0.05) is 24.8 Å². The topological polar surface area (TPSA) is 66.1 Å². The van der Waals surface area contributed by atoms with Crippen LogP contribution in [0.15, 0.2) is 5.03 Å². The molecule has 0 aromatic carbocycles. The average Bonchev–Trinajstić information content (AvgIpc) is 2.85. The van der Waals surface area contributed by atoms with Crippen LogP contribution in [0.5, 0.6) is 0 Å². The Morgan fingerprint density at radius 3 is 2.67 bits per heavy atom. The van der Waals surface area contributed by atoms with Crippen LogP contribution in [0.25, 0.3) is 0 Å². The number of H-pyrrole nitrogens is 1. The van der Waals surface area contributed by atoms with E-state index < -0.39 is 10.0 Å². The highest BCUT2D eigenvalue weighted by Gasteiger charge is 2.37. The molecule has 1 saturated carbocycles. The van der Waals surface area contributed by atoms with Crippen molar-refractivity contribution in [2.24, 2.45) is 11.8 Å². The van der Waals surface area contributed by atoms with Crippen LogP contribution < -0.4 is 0 Å². The van der Waals surface area contributed by atoms with Crippen molar-refractivity contribution in [2.45, 2.75) is 31.2 Å². The first-order valence-corrected chi connectivity index (χ1v) is 7.91. The van der Waals surface area contributed by atoms with E-state index in [1.54, 1.807) is 14.0 Å². The summed E-state index contributed by atoms with van der Waals surface area (Å²) in [5, 5.41) is 6.63. The Morgan fingerprint density at radius 2 is 2.17 bits per heavy atom. The lowest BCUT2D eigenvalue weighted by Crippen LogP contribution is -2.30. The summed E-state index contributed by atoms with van der Waals surface area (Å²) in [5.74, 6) is 1.24. The Kier molecular flexibility index (Phi) is 3.71. The first-order valence-electron chi connectivity index (χ1n) is 5.94. The minimum absolute atomic E-state index is 0.0609. The Balaban J connectivity index is 2.24.